The van der Waals surface area contributed by atoms with E-state index >= 15 is 0 Å². The third kappa shape index (κ3) is 2.74. The van der Waals surface area contributed by atoms with E-state index in [1.807, 2.05) is 23.1 Å². The Bertz CT molecular complexity index is 575. The molecule has 1 unspecified atom stereocenters. The van der Waals surface area contributed by atoms with Crippen molar-refractivity contribution in [3.8, 4) is 0 Å². The zero-order valence-corrected chi connectivity index (χ0v) is 13.0. The number of para-hydroxylation sites is 1. The Labute approximate surface area is 131 Å². The molecular weight excluding hydrogens is 278 g/mol. The van der Waals surface area contributed by atoms with Gasteiger partial charge in [-0.25, -0.2) is 0 Å². The van der Waals surface area contributed by atoms with Crippen molar-refractivity contribution in [1.82, 2.24) is 0 Å². The van der Waals surface area contributed by atoms with Crippen LogP contribution in [0.5, 0.6) is 0 Å². The molecular formula is C18H23NO3. The van der Waals surface area contributed by atoms with Gasteiger partial charge in [-0.3, -0.25) is 9.59 Å². The molecule has 0 aromatic heterocycles. The van der Waals surface area contributed by atoms with E-state index in [0.29, 0.717) is 25.7 Å². The number of rotatable bonds is 2. The number of amides is 1. The lowest BCUT2D eigenvalue weighted by atomic mass is 9.80. The first-order chi connectivity index (χ1) is 10.6. The van der Waals surface area contributed by atoms with Crippen LogP contribution in [0.4, 0.5) is 5.69 Å². The number of carbonyl (C=O) groups is 2. The minimum atomic E-state index is -0.720. The molecule has 4 heteroatoms. The van der Waals surface area contributed by atoms with E-state index in [9.17, 15) is 9.59 Å². The van der Waals surface area contributed by atoms with Gasteiger partial charge >= 0.3 is 5.97 Å². The number of fused-ring (bicyclic) bond motifs is 1. The number of nitrogens with zero attached hydrogens (tertiary/aromatic N) is 1. The Balaban J connectivity index is 1.76. The minimum Gasteiger partial charge on any atom is -0.481 e. The standard InChI is InChI=1S/C18H23NO3/c1-12-6-7-13-4-2-3-5-16(13)19(12)17(20)14-8-10-15(11-9-14)18(21)22/h2-5,12,14-15H,6-11H2,1H3,(H,21,22). The summed E-state index contributed by atoms with van der Waals surface area (Å²) in [7, 11) is 0. The lowest BCUT2D eigenvalue weighted by Crippen LogP contribution is -2.46. The molecule has 3 rings (SSSR count). The largest absolute Gasteiger partial charge is 0.481 e. The Morgan fingerprint density at radius 3 is 2.36 bits per heavy atom. The van der Waals surface area contributed by atoms with Crippen LogP contribution in [0.25, 0.3) is 0 Å². The summed E-state index contributed by atoms with van der Waals surface area (Å²) < 4.78 is 0. The molecule has 118 valence electrons. The predicted molar refractivity (Wildman–Crippen MR) is 84.8 cm³/mol. The van der Waals surface area contributed by atoms with Crippen LogP contribution in [-0.4, -0.2) is 23.0 Å². The molecule has 1 atom stereocenters. The number of aryl methyl sites for hydroxylation is 1. The molecule has 1 amide bonds. The highest BCUT2D eigenvalue weighted by Gasteiger charge is 2.35. The molecule has 1 saturated carbocycles. The number of aliphatic carboxylic acids is 1. The molecule has 0 spiro atoms. The number of carboxylic acid groups (broad SMARTS) is 1. The number of carboxylic acids is 1. The van der Waals surface area contributed by atoms with Crippen LogP contribution in [0, 0.1) is 11.8 Å². The zero-order chi connectivity index (χ0) is 15.7. The summed E-state index contributed by atoms with van der Waals surface area (Å²) >= 11 is 0. The fourth-order valence-corrected chi connectivity index (χ4v) is 3.81. The first-order valence-electron chi connectivity index (χ1n) is 8.21. The van der Waals surface area contributed by atoms with Crippen molar-refractivity contribution in [3.05, 3.63) is 29.8 Å². The molecule has 1 aliphatic carbocycles. The van der Waals surface area contributed by atoms with Gasteiger partial charge in [0.05, 0.1) is 5.92 Å². The summed E-state index contributed by atoms with van der Waals surface area (Å²) in [6, 6.07) is 8.36. The van der Waals surface area contributed by atoms with Crippen molar-refractivity contribution < 1.29 is 14.7 Å². The Morgan fingerprint density at radius 2 is 1.68 bits per heavy atom. The molecule has 1 fully saturated rings. The van der Waals surface area contributed by atoms with Gasteiger partial charge in [-0.05, 0) is 57.1 Å². The SMILES string of the molecule is CC1CCc2ccccc2N1C(=O)C1CCC(C(=O)O)CC1. The fraction of sp³-hybridized carbons (Fsp3) is 0.556. The van der Waals surface area contributed by atoms with E-state index in [0.717, 1.165) is 18.5 Å². The van der Waals surface area contributed by atoms with Crippen LogP contribution in [0.3, 0.4) is 0 Å². The highest BCUT2D eigenvalue weighted by atomic mass is 16.4. The van der Waals surface area contributed by atoms with Gasteiger partial charge in [0.1, 0.15) is 0 Å². The van der Waals surface area contributed by atoms with E-state index in [4.69, 9.17) is 5.11 Å². The van der Waals surface area contributed by atoms with Gasteiger partial charge < -0.3 is 10.0 Å². The summed E-state index contributed by atoms with van der Waals surface area (Å²) in [5, 5.41) is 9.09. The van der Waals surface area contributed by atoms with Gasteiger partial charge in [0.2, 0.25) is 5.91 Å². The maximum Gasteiger partial charge on any atom is 0.306 e. The third-order valence-corrected chi connectivity index (χ3v) is 5.19. The number of anilines is 1. The topological polar surface area (TPSA) is 57.6 Å². The lowest BCUT2D eigenvalue weighted by Gasteiger charge is -2.38. The predicted octanol–water partition coefficient (Wildman–Crippen LogP) is 3.25. The van der Waals surface area contributed by atoms with Gasteiger partial charge in [-0.15, -0.1) is 0 Å². The molecule has 1 aromatic rings. The number of carbonyl (C=O) groups excluding carboxylic acids is 1. The van der Waals surface area contributed by atoms with Gasteiger partial charge in [-0.2, -0.15) is 0 Å². The van der Waals surface area contributed by atoms with Crippen LogP contribution in [0.1, 0.15) is 44.6 Å². The second-order valence-corrected chi connectivity index (χ2v) is 6.61. The molecule has 0 bridgehead atoms. The summed E-state index contributed by atoms with van der Waals surface area (Å²) in [4.78, 5) is 26.0. The van der Waals surface area contributed by atoms with Gasteiger partial charge in [0.15, 0.2) is 0 Å². The van der Waals surface area contributed by atoms with Crippen molar-refractivity contribution in [1.29, 1.82) is 0 Å². The maximum absolute atomic E-state index is 13.0. The van der Waals surface area contributed by atoms with Gasteiger partial charge in [0, 0.05) is 17.6 Å². The number of benzene rings is 1. The van der Waals surface area contributed by atoms with Crippen molar-refractivity contribution in [2.45, 2.75) is 51.5 Å². The van der Waals surface area contributed by atoms with Crippen LogP contribution in [0.15, 0.2) is 24.3 Å². The van der Waals surface area contributed by atoms with Crippen molar-refractivity contribution in [2.24, 2.45) is 11.8 Å². The van der Waals surface area contributed by atoms with E-state index < -0.39 is 5.97 Å². The summed E-state index contributed by atoms with van der Waals surface area (Å²) in [6.45, 7) is 2.11. The molecule has 1 N–H and O–H groups in total. The smallest absolute Gasteiger partial charge is 0.306 e. The van der Waals surface area contributed by atoms with Gasteiger partial charge in [-0.1, -0.05) is 18.2 Å². The molecule has 1 heterocycles. The average molecular weight is 301 g/mol. The second-order valence-electron chi connectivity index (χ2n) is 6.61. The Hall–Kier alpha value is -1.84. The average Bonchev–Trinajstić information content (AvgIpc) is 2.54. The van der Waals surface area contributed by atoms with Crippen molar-refractivity contribution in [3.63, 3.8) is 0 Å². The van der Waals surface area contributed by atoms with E-state index in [1.165, 1.54) is 5.56 Å². The molecule has 1 aliphatic heterocycles. The van der Waals surface area contributed by atoms with Crippen LogP contribution in [0.2, 0.25) is 0 Å². The minimum absolute atomic E-state index is 0.0239. The van der Waals surface area contributed by atoms with Crippen LogP contribution in [-0.2, 0) is 16.0 Å². The summed E-state index contributed by atoms with van der Waals surface area (Å²) in [6.07, 6.45) is 4.65. The first kappa shape index (κ1) is 15.1. The van der Waals surface area contributed by atoms with Crippen LogP contribution >= 0.6 is 0 Å². The first-order valence-corrected chi connectivity index (χ1v) is 8.21. The maximum atomic E-state index is 13.0. The van der Waals surface area contributed by atoms with Crippen molar-refractivity contribution in [2.75, 3.05) is 4.90 Å². The monoisotopic (exact) mass is 301 g/mol. The summed E-state index contributed by atoms with van der Waals surface area (Å²) in [5.41, 5.74) is 2.29. The zero-order valence-electron chi connectivity index (χ0n) is 13.0. The second kappa shape index (κ2) is 6.11. The van der Waals surface area contributed by atoms with E-state index in [2.05, 4.69) is 13.0 Å². The third-order valence-electron chi connectivity index (χ3n) is 5.19. The lowest BCUT2D eigenvalue weighted by molar-refractivity contribution is -0.144. The molecule has 2 aliphatic rings. The molecule has 4 nitrogen and oxygen atoms in total. The highest BCUT2D eigenvalue weighted by Crippen LogP contribution is 2.36. The number of hydrogen-bond donors (Lipinski definition) is 1. The Morgan fingerprint density at radius 1 is 1.05 bits per heavy atom. The highest BCUT2D eigenvalue weighted by molar-refractivity contribution is 5.96. The quantitative estimate of drug-likeness (QED) is 0.912. The van der Waals surface area contributed by atoms with E-state index in [-0.39, 0.29) is 23.8 Å². The number of hydrogen-bond acceptors (Lipinski definition) is 2. The molecule has 0 radical (unpaired) electrons. The molecule has 22 heavy (non-hydrogen) atoms. The molecule has 1 aromatic carbocycles. The summed E-state index contributed by atoms with van der Waals surface area (Å²) in [5.74, 6) is -0.828. The fourth-order valence-electron chi connectivity index (χ4n) is 3.81. The normalized spacial score (nSPS) is 28.0. The van der Waals surface area contributed by atoms with Gasteiger partial charge in [0.25, 0.3) is 0 Å². The van der Waals surface area contributed by atoms with Crippen LogP contribution < -0.4 is 4.90 Å². The molecule has 0 saturated heterocycles. The van der Waals surface area contributed by atoms with Crippen molar-refractivity contribution >= 4 is 17.6 Å². The Kier molecular flexibility index (Phi) is 4.19. The van der Waals surface area contributed by atoms with E-state index in [1.54, 1.807) is 0 Å².